The first kappa shape index (κ1) is 63.0. The topological polar surface area (TPSA) is 177 Å². The number of aryl methyl sites for hydroxylation is 2. The van der Waals surface area contributed by atoms with Crippen LogP contribution < -0.4 is 10.6 Å². The molecule has 0 aromatic heterocycles. The second-order valence-corrected chi connectivity index (χ2v) is 21.1. The molecule has 2 aliphatic heterocycles. The highest BCUT2D eigenvalue weighted by Crippen LogP contribution is 2.38. The Morgan fingerprint density at radius 1 is 0.512 bits per heavy atom. The Morgan fingerprint density at radius 2 is 0.875 bits per heavy atom. The third-order valence-corrected chi connectivity index (χ3v) is 14.0. The van der Waals surface area contributed by atoms with E-state index in [4.69, 9.17) is 25.8 Å². The number of esters is 2. The summed E-state index contributed by atoms with van der Waals surface area (Å²) in [6.45, 7) is 13.0. The molecule has 2 fully saturated rings. The predicted octanol–water partition coefficient (Wildman–Crippen LogP) is 13.9. The zero-order chi connectivity index (χ0) is 55.8. The van der Waals surface area contributed by atoms with E-state index in [2.05, 4.69) is 102 Å². The number of hydrogen-bond donors (Lipinski definition) is 2. The van der Waals surface area contributed by atoms with E-state index in [0.29, 0.717) is 50.0 Å². The van der Waals surface area contributed by atoms with Crippen molar-refractivity contribution in [2.24, 2.45) is 11.8 Å². The summed E-state index contributed by atoms with van der Waals surface area (Å²) in [5.74, 6) is -0.209. The minimum atomic E-state index is -0.510. The molecule has 0 spiro atoms. The first-order valence-corrected chi connectivity index (χ1v) is 27.0. The fraction of sp³-hybridized carbons (Fsp3) is 0.303. The number of anilines is 2. The van der Waals surface area contributed by atoms with Gasteiger partial charge in [0.05, 0.1) is 20.8 Å². The Balaban J connectivity index is 0.000000305. The molecule has 2 heterocycles. The number of amides is 3. The van der Waals surface area contributed by atoms with Crippen LogP contribution in [0.4, 0.5) is 16.2 Å². The number of ether oxygens (including phenoxy) is 3. The van der Waals surface area contributed by atoms with Gasteiger partial charge in [-0.05, 0) is 139 Å². The van der Waals surface area contributed by atoms with Crippen LogP contribution in [0.3, 0.4) is 0 Å². The van der Waals surface area contributed by atoms with Crippen molar-refractivity contribution in [2.75, 3.05) is 63.5 Å². The second-order valence-electron chi connectivity index (χ2n) is 20.8. The van der Waals surface area contributed by atoms with Crippen molar-refractivity contribution in [1.29, 1.82) is 0 Å². The lowest BCUT2D eigenvalue weighted by molar-refractivity contribution is -0.141. The average molecular weight is 1100 g/mol. The highest BCUT2D eigenvalue weighted by Gasteiger charge is 2.43. The summed E-state index contributed by atoms with van der Waals surface area (Å²) >= 11 is 5.60. The standard InChI is InChI=1S/C38H45N3O5.C27H26ClNO3.CH3.H2N/c1-26-11-13-28(14-12-26)36(33(19-20-35(43)45-5)27-9-7-6-8-10-27)29-15-17-32(18-16-29)39-34(42)25-40-21-30-23-41(24-31(30)22-40)37(44)46-38(2,3)4;1-19-8-10-21(11-9-19)27(22-12-14-23(15-13-22)29-25(30)18-28)24(16-17-26(31)32-2)20-6-4-3-5-7-20;;/h6-18,30-31H,19-25H2,1-5H3,(H,39,42);3-15H,16-18H2,1-2H3,(H,29,30);1H3;1H2/q;;2*-1/b36-33-;27-24-;;/t30-,31+;;;. The maximum Gasteiger partial charge on any atom is 0.410 e. The number of rotatable bonds is 17. The minimum Gasteiger partial charge on any atom is -0.693 e. The van der Waals surface area contributed by atoms with Crippen LogP contribution in [-0.2, 0) is 33.4 Å². The highest BCUT2D eigenvalue weighted by molar-refractivity contribution is 6.29. The molecule has 0 unspecified atom stereocenters. The van der Waals surface area contributed by atoms with Crippen molar-refractivity contribution in [3.8, 4) is 0 Å². The van der Waals surface area contributed by atoms with Crippen LogP contribution in [0.1, 0.15) is 91.0 Å². The van der Waals surface area contributed by atoms with E-state index in [-0.39, 0.29) is 62.1 Å². The van der Waals surface area contributed by atoms with Crippen LogP contribution in [0.2, 0.25) is 0 Å². The Kier molecular flexibility index (Phi) is 23.6. The monoisotopic (exact) mass is 1100 g/mol. The molecule has 0 saturated carbocycles. The van der Waals surface area contributed by atoms with E-state index >= 15 is 0 Å². The van der Waals surface area contributed by atoms with E-state index < -0.39 is 5.60 Å². The van der Waals surface area contributed by atoms with Gasteiger partial charge in [-0.2, -0.15) is 0 Å². The quantitative estimate of drug-likeness (QED) is 0.0296. The van der Waals surface area contributed by atoms with Gasteiger partial charge in [-0.1, -0.05) is 145 Å². The van der Waals surface area contributed by atoms with Gasteiger partial charge in [-0.25, -0.2) is 4.79 Å². The van der Waals surface area contributed by atoms with Gasteiger partial charge in [-0.3, -0.25) is 24.1 Å². The molecule has 2 atom stereocenters. The maximum atomic E-state index is 13.1. The molecule has 6 aromatic rings. The van der Waals surface area contributed by atoms with Gasteiger partial charge >= 0.3 is 18.0 Å². The molecule has 0 aliphatic carbocycles. The maximum absolute atomic E-state index is 13.1. The van der Waals surface area contributed by atoms with E-state index in [9.17, 15) is 24.0 Å². The number of fused-ring (bicyclic) bond motifs is 1. The summed E-state index contributed by atoms with van der Waals surface area (Å²) in [5.41, 5.74) is 13.6. The number of likely N-dealkylation sites (tertiary alicyclic amines) is 2. The summed E-state index contributed by atoms with van der Waals surface area (Å²) in [4.78, 5) is 65.3. The largest absolute Gasteiger partial charge is 0.693 e. The van der Waals surface area contributed by atoms with Crippen molar-refractivity contribution >= 4 is 75.1 Å². The van der Waals surface area contributed by atoms with E-state index in [1.54, 1.807) is 4.90 Å². The lowest BCUT2D eigenvalue weighted by atomic mass is 9.87. The SMILES string of the molecule is COC(=O)CC/C(=C(\c1ccc(C)cc1)c1ccc(NC(=O)CCl)cc1)c1ccccc1.COC(=O)CC/C(=C(\c1ccc(C)cc1)c1ccc(NC(=O)CN2C[C@@H]3CN(C(=O)OC(C)(C)C)C[C@@H]3C2)cc1)c1ccccc1.[CH3-].[NH2-]. The van der Waals surface area contributed by atoms with Crippen LogP contribution in [0, 0.1) is 33.1 Å². The van der Waals surface area contributed by atoms with Gasteiger partial charge in [0.15, 0.2) is 0 Å². The Hall–Kier alpha value is -7.84. The van der Waals surface area contributed by atoms with Crippen molar-refractivity contribution in [3.63, 3.8) is 0 Å². The molecule has 8 rings (SSSR count). The summed E-state index contributed by atoms with van der Waals surface area (Å²) < 4.78 is 15.4. The number of nitrogens with one attached hydrogen (secondary N) is 2. The third kappa shape index (κ3) is 17.8. The number of hydrogen-bond acceptors (Lipinski definition) is 9. The number of carbonyl (C=O) groups excluding carboxylic acids is 5. The van der Waals surface area contributed by atoms with E-state index in [1.165, 1.54) is 25.3 Å². The van der Waals surface area contributed by atoms with Crippen LogP contribution in [0.25, 0.3) is 28.4 Å². The molecule has 0 bridgehead atoms. The first-order chi connectivity index (χ1) is 37.5. The molecule has 2 aliphatic rings. The Bertz CT molecular complexity index is 3050. The van der Waals surface area contributed by atoms with Crippen LogP contribution in [0.5, 0.6) is 0 Å². The summed E-state index contributed by atoms with van der Waals surface area (Å²) in [6, 6.07) is 52.5. The van der Waals surface area contributed by atoms with Gasteiger partial charge in [0.25, 0.3) is 0 Å². The summed E-state index contributed by atoms with van der Waals surface area (Å²) in [6.07, 6.45) is 1.34. The molecule has 13 nitrogen and oxygen atoms in total. The number of halogens is 1. The number of nitrogens with zero attached hydrogens (tertiary/aromatic N) is 2. The van der Waals surface area contributed by atoms with Gasteiger partial charge in [-0.15, -0.1) is 11.6 Å². The fourth-order valence-corrected chi connectivity index (χ4v) is 10.0. The molecule has 3 amide bonds. The molecule has 0 radical (unpaired) electrons. The predicted molar refractivity (Wildman–Crippen MR) is 323 cm³/mol. The number of benzene rings is 6. The number of alkyl halides is 1. The van der Waals surface area contributed by atoms with E-state index in [0.717, 1.165) is 74.5 Å². The third-order valence-electron chi connectivity index (χ3n) is 13.8. The Labute approximate surface area is 477 Å². The van der Waals surface area contributed by atoms with Crippen LogP contribution in [0.15, 0.2) is 158 Å². The van der Waals surface area contributed by atoms with Gasteiger partial charge < -0.3 is 43.3 Å². The number of nitrogens with two attached hydrogens (primary N) is 1. The van der Waals surface area contributed by atoms with E-state index in [1.807, 2.05) is 106 Å². The smallest absolute Gasteiger partial charge is 0.410 e. The zero-order valence-corrected chi connectivity index (χ0v) is 48.1. The number of allylic oxidation sites excluding steroid dienone is 2. The molecular weight excluding hydrogens is 1030 g/mol. The lowest BCUT2D eigenvalue weighted by Gasteiger charge is -2.25. The summed E-state index contributed by atoms with van der Waals surface area (Å²) in [5, 5.41) is 5.83. The molecule has 80 heavy (non-hydrogen) atoms. The fourth-order valence-electron chi connectivity index (χ4n) is 9.97. The molecule has 4 N–H and O–H groups in total. The number of carbonyl (C=O) groups is 5. The second kappa shape index (κ2) is 29.9. The van der Waals surface area contributed by atoms with Crippen LogP contribution >= 0.6 is 11.6 Å². The molecular formula is C66H76ClN5O8-2. The zero-order valence-electron chi connectivity index (χ0n) is 47.4. The molecule has 2 saturated heterocycles. The average Bonchev–Trinajstić information content (AvgIpc) is 4.02. The van der Waals surface area contributed by atoms with Crippen molar-refractivity contribution in [1.82, 2.24) is 9.80 Å². The highest BCUT2D eigenvalue weighted by atomic mass is 35.5. The van der Waals surface area contributed by atoms with Crippen molar-refractivity contribution in [2.45, 2.75) is 65.9 Å². The van der Waals surface area contributed by atoms with Crippen molar-refractivity contribution < 1.29 is 38.2 Å². The number of methoxy groups -OCH3 is 2. The lowest BCUT2D eigenvalue weighted by Crippen LogP contribution is -2.38. The summed E-state index contributed by atoms with van der Waals surface area (Å²) in [7, 11) is 2.82. The molecule has 6 aromatic carbocycles. The normalized spacial score (nSPS) is 15.2. The molecule has 14 heteroatoms. The molecule has 422 valence electrons. The first-order valence-electron chi connectivity index (χ1n) is 26.4. The van der Waals surface area contributed by atoms with Gasteiger partial charge in [0.1, 0.15) is 11.5 Å². The Morgan fingerprint density at radius 3 is 1.23 bits per heavy atom. The minimum absolute atomic E-state index is 0. The van der Waals surface area contributed by atoms with Gasteiger partial charge in [0.2, 0.25) is 11.8 Å². The van der Waals surface area contributed by atoms with Gasteiger partial charge in [0, 0.05) is 50.4 Å². The van der Waals surface area contributed by atoms with Crippen LogP contribution in [-0.4, -0.2) is 98.1 Å². The van der Waals surface area contributed by atoms with Crippen molar-refractivity contribution in [3.05, 3.63) is 216 Å².